The fraction of sp³-hybridized carbons (Fsp3) is 0.423. The highest BCUT2D eigenvalue weighted by atomic mass is 16.5. The number of rotatable bonds is 6. The van der Waals surface area contributed by atoms with Crippen molar-refractivity contribution in [2.75, 3.05) is 26.2 Å². The Morgan fingerprint density at radius 3 is 2.30 bits per heavy atom. The largest absolute Gasteiger partial charge is 0.481 e. The van der Waals surface area contributed by atoms with E-state index in [1.807, 2.05) is 31.2 Å². The lowest BCUT2D eigenvalue weighted by Gasteiger charge is -2.36. The average molecular weight is 451 g/mol. The van der Waals surface area contributed by atoms with Gasteiger partial charge in [0.25, 0.3) is 0 Å². The van der Waals surface area contributed by atoms with E-state index in [9.17, 15) is 19.5 Å². The number of alkyl carbamates (subject to hydrolysis) is 1. The number of aliphatic carboxylic acids is 1. The predicted molar refractivity (Wildman–Crippen MR) is 124 cm³/mol. The Bertz CT molecular complexity index is 1010. The lowest BCUT2D eigenvalue weighted by molar-refractivity contribution is -0.149. The van der Waals surface area contributed by atoms with E-state index < -0.39 is 23.9 Å². The molecule has 3 unspecified atom stereocenters. The minimum absolute atomic E-state index is 0.0227. The summed E-state index contributed by atoms with van der Waals surface area (Å²) in [4.78, 5) is 38.2. The van der Waals surface area contributed by atoms with E-state index in [0.29, 0.717) is 13.0 Å². The molecule has 7 nitrogen and oxygen atoms in total. The SMILES string of the molecule is CC(CNC(=O)OCC1c2ccccc2-c2ccccc21)C(=O)N1CCC(C)C(C(=O)O)C1. The van der Waals surface area contributed by atoms with Crippen LogP contribution >= 0.6 is 0 Å². The van der Waals surface area contributed by atoms with Crippen LogP contribution in [0.2, 0.25) is 0 Å². The van der Waals surface area contributed by atoms with Gasteiger partial charge in [0.1, 0.15) is 6.61 Å². The van der Waals surface area contributed by atoms with Crippen molar-refractivity contribution >= 4 is 18.0 Å². The first-order chi connectivity index (χ1) is 15.9. The van der Waals surface area contributed by atoms with E-state index in [2.05, 4.69) is 29.6 Å². The fourth-order valence-corrected chi connectivity index (χ4v) is 4.88. The van der Waals surface area contributed by atoms with E-state index >= 15 is 0 Å². The van der Waals surface area contributed by atoms with Gasteiger partial charge in [-0.05, 0) is 34.6 Å². The molecule has 0 aromatic heterocycles. The van der Waals surface area contributed by atoms with E-state index in [1.165, 1.54) is 0 Å². The zero-order chi connectivity index (χ0) is 23.5. The van der Waals surface area contributed by atoms with Gasteiger partial charge in [-0.25, -0.2) is 4.79 Å². The number of carboxylic acid groups (broad SMARTS) is 1. The number of fused-ring (bicyclic) bond motifs is 3. The summed E-state index contributed by atoms with van der Waals surface area (Å²) < 4.78 is 5.53. The van der Waals surface area contributed by atoms with Gasteiger partial charge in [-0.3, -0.25) is 9.59 Å². The first kappa shape index (κ1) is 22.8. The second kappa shape index (κ2) is 9.65. The van der Waals surface area contributed by atoms with Gasteiger partial charge in [0, 0.05) is 25.6 Å². The van der Waals surface area contributed by atoms with E-state index in [-0.39, 0.29) is 37.4 Å². The number of hydrogen-bond donors (Lipinski definition) is 2. The molecule has 4 rings (SSSR count). The van der Waals surface area contributed by atoms with Crippen LogP contribution in [0.25, 0.3) is 11.1 Å². The minimum atomic E-state index is -0.871. The van der Waals surface area contributed by atoms with Crippen LogP contribution in [0.5, 0.6) is 0 Å². The first-order valence-corrected chi connectivity index (χ1v) is 11.5. The van der Waals surface area contributed by atoms with Crippen molar-refractivity contribution in [3.63, 3.8) is 0 Å². The molecule has 2 aliphatic rings. The number of likely N-dealkylation sites (tertiary alicyclic amines) is 1. The maximum atomic E-state index is 12.8. The molecule has 1 fully saturated rings. The van der Waals surface area contributed by atoms with Crippen molar-refractivity contribution in [2.24, 2.45) is 17.8 Å². The van der Waals surface area contributed by atoms with Gasteiger partial charge in [0.05, 0.1) is 11.8 Å². The molecule has 33 heavy (non-hydrogen) atoms. The third-order valence-corrected chi connectivity index (χ3v) is 6.91. The molecule has 2 aromatic rings. The van der Waals surface area contributed by atoms with E-state index in [0.717, 1.165) is 22.3 Å². The summed E-state index contributed by atoms with van der Waals surface area (Å²) in [6, 6.07) is 16.3. The van der Waals surface area contributed by atoms with Crippen molar-refractivity contribution in [3.05, 3.63) is 59.7 Å². The number of carbonyl (C=O) groups is 3. The summed E-state index contributed by atoms with van der Waals surface area (Å²) in [6.07, 6.45) is 0.0992. The molecule has 0 saturated carbocycles. The number of ether oxygens (including phenoxy) is 1. The molecule has 2 amide bonds. The number of hydrogen-bond acceptors (Lipinski definition) is 4. The highest BCUT2D eigenvalue weighted by Crippen LogP contribution is 2.44. The Balaban J connectivity index is 1.29. The molecule has 3 atom stereocenters. The summed E-state index contributed by atoms with van der Waals surface area (Å²) in [5.74, 6) is -2.01. The van der Waals surface area contributed by atoms with Crippen molar-refractivity contribution in [1.29, 1.82) is 0 Å². The predicted octanol–water partition coefficient (Wildman–Crippen LogP) is 3.73. The molecule has 1 heterocycles. The molecule has 7 heteroatoms. The molecule has 0 spiro atoms. The second-order valence-corrected chi connectivity index (χ2v) is 9.10. The van der Waals surface area contributed by atoms with Gasteiger partial charge in [0.2, 0.25) is 5.91 Å². The summed E-state index contributed by atoms with van der Waals surface area (Å²) in [5.41, 5.74) is 4.61. The van der Waals surface area contributed by atoms with Gasteiger partial charge >= 0.3 is 12.1 Å². The van der Waals surface area contributed by atoms with Crippen LogP contribution < -0.4 is 5.32 Å². The summed E-state index contributed by atoms with van der Waals surface area (Å²) >= 11 is 0. The van der Waals surface area contributed by atoms with Crippen LogP contribution in [0.1, 0.15) is 37.3 Å². The summed E-state index contributed by atoms with van der Waals surface area (Å²) in [7, 11) is 0. The maximum absolute atomic E-state index is 12.8. The van der Waals surface area contributed by atoms with Crippen LogP contribution in [-0.2, 0) is 14.3 Å². The first-order valence-electron chi connectivity index (χ1n) is 11.5. The standard InChI is InChI=1S/C26H30N2O5/c1-16-11-12-28(14-22(16)25(30)31)24(29)17(2)13-27-26(32)33-15-23-20-9-5-3-7-18(20)19-8-4-6-10-21(19)23/h3-10,16-17,22-23H,11-15H2,1-2H3,(H,27,32)(H,30,31). The maximum Gasteiger partial charge on any atom is 0.407 e. The number of piperidine rings is 1. The number of benzene rings is 2. The van der Waals surface area contributed by atoms with Crippen molar-refractivity contribution in [3.8, 4) is 11.1 Å². The molecule has 0 bridgehead atoms. The number of amides is 2. The van der Waals surface area contributed by atoms with Crippen molar-refractivity contribution in [1.82, 2.24) is 10.2 Å². The lowest BCUT2D eigenvalue weighted by Crippen LogP contribution is -2.49. The van der Waals surface area contributed by atoms with Crippen LogP contribution in [0.3, 0.4) is 0 Å². The van der Waals surface area contributed by atoms with Crippen LogP contribution in [0, 0.1) is 17.8 Å². The van der Waals surface area contributed by atoms with Crippen LogP contribution in [-0.4, -0.2) is 54.2 Å². The molecule has 2 aromatic carbocycles. The number of nitrogens with one attached hydrogen (secondary N) is 1. The van der Waals surface area contributed by atoms with Crippen molar-refractivity contribution in [2.45, 2.75) is 26.2 Å². The highest BCUT2D eigenvalue weighted by Gasteiger charge is 2.35. The number of carboxylic acids is 1. The molecular weight excluding hydrogens is 420 g/mol. The molecular formula is C26H30N2O5. The Hall–Kier alpha value is -3.35. The Labute approximate surface area is 193 Å². The molecule has 1 saturated heterocycles. The second-order valence-electron chi connectivity index (χ2n) is 9.10. The Morgan fingerprint density at radius 2 is 1.70 bits per heavy atom. The van der Waals surface area contributed by atoms with Gasteiger partial charge in [-0.2, -0.15) is 0 Å². The zero-order valence-electron chi connectivity index (χ0n) is 19.0. The van der Waals surface area contributed by atoms with Crippen molar-refractivity contribution < 1.29 is 24.2 Å². The molecule has 174 valence electrons. The number of carbonyl (C=O) groups excluding carboxylic acids is 2. The lowest BCUT2D eigenvalue weighted by atomic mass is 9.86. The fourth-order valence-electron chi connectivity index (χ4n) is 4.88. The van der Waals surface area contributed by atoms with Gasteiger partial charge in [-0.15, -0.1) is 0 Å². The van der Waals surface area contributed by atoms with Gasteiger partial charge < -0.3 is 20.1 Å². The monoisotopic (exact) mass is 450 g/mol. The van der Waals surface area contributed by atoms with Crippen LogP contribution in [0.15, 0.2) is 48.5 Å². The summed E-state index contributed by atoms with van der Waals surface area (Å²) in [5, 5.41) is 12.1. The van der Waals surface area contributed by atoms with Crippen LogP contribution in [0.4, 0.5) is 4.79 Å². The van der Waals surface area contributed by atoms with Gasteiger partial charge in [-0.1, -0.05) is 62.4 Å². The zero-order valence-corrected chi connectivity index (χ0v) is 19.0. The third-order valence-electron chi connectivity index (χ3n) is 6.91. The highest BCUT2D eigenvalue weighted by molar-refractivity contribution is 5.81. The molecule has 0 radical (unpaired) electrons. The Kier molecular flexibility index (Phi) is 6.67. The molecule has 1 aliphatic heterocycles. The summed E-state index contributed by atoms with van der Waals surface area (Å²) in [6.45, 7) is 4.75. The van der Waals surface area contributed by atoms with E-state index in [4.69, 9.17) is 4.74 Å². The third kappa shape index (κ3) is 4.72. The number of nitrogens with zero attached hydrogens (tertiary/aromatic N) is 1. The average Bonchev–Trinajstić information content (AvgIpc) is 3.14. The van der Waals surface area contributed by atoms with E-state index in [1.54, 1.807) is 11.8 Å². The topological polar surface area (TPSA) is 95.9 Å². The van der Waals surface area contributed by atoms with Gasteiger partial charge in [0.15, 0.2) is 0 Å². The minimum Gasteiger partial charge on any atom is -0.481 e. The molecule has 2 N–H and O–H groups in total. The normalized spacial score (nSPS) is 20.5. The quantitative estimate of drug-likeness (QED) is 0.699. The molecule has 1 aliphatic carbocycles. The smallest absolute Gasteiger partial charge is 0.407 e. The Morgan fingerprint density at radius 1 is 1.09 bits per heavy atom.